The third kappa shape index (κ3) is 4.51. The van der Waals surface area contributed by atoms with E-state index < -0.39 is 23.5 Å². The summed E-state index contributed by atoms with van der Waals surface area (Å²) in [7, 11) is 0. The van der Waals surface area contributed by atoms with Crippen molar-refractivity contribution in [3.05, 3.63) is 28.0 Å². The maximum atomic E-state index is 13.1. The second kappa shape index (κ2) is 5.56. The number of carbonyl (C=O) groups excluding carboxylic acids is 1. The molecule has 5 nitrogen and oxygen atoms in total. The summed E-state index contributed by atoms with van der Waals surface area (Å²) in [5, 5.41) is 11.3. The monoisotopic (exact) mass is 333 g/mol. The maximum absolute atomic E-state index is 13.1. The molecule has 1 rings (SSSR count). The van der Waals surface area contributed by atoms with Gasteiger partial charge in [-0.1, -0.05) is 0 Å². The van der Waals surface area contributed by atoms with Gasteiger partial charge in [-0.05, 0) is 48.8 Å². The van der Waals surface area contributed by atoms with E-state index in [4.69, 9.17) is 9.84 Å². The molecule has 0 aliphatic carbocycles. The Morgan fingerprint density at radius 3 is 2.42 bits per heavy atom. The SMILES string of the molecule is CC(C)(C)OC(=O)Nc1c(Br)cc(F)cc1C(=O)O. The predicted octanol–water partition coefficient (Wildman–Crippen LogP) is 3.63. The van der Waals surface area contributed by atoms with Crippen molar-refractivity contribution in [3.8, 4) is 0 Å². The number of benzene rings is 1. The van der Waals surface area contributed by atoms with Crippen LogP contribution in [0.3, 0.4) is 0 Å². The van der Waals surface area contributed by atoms with E-state index in [1.54, 1.807) is 20.8 Å². The predicted molar refractivity (Wildman–Crippen MR) is 70.9 cm³/mol. The first-order valence-electron chi connectivity index (χ1n) is 5.32. The Bertz CT molecular complexity index is 525. The summed E-state index contributed by atoms with van der Waals surface area (Å²) in [6.07, 6.45) is -0.817. The molecule has 0 aliphatic heterocycles. The molecule has 1 amide bonds. The smallest absolute Gasteiger partial charge is 0.412 e. The topological polar surface area (TPSA) is 75.6 Å². The minimum absolute atomic E-state index is 0.0526. The fourth-order valence-corrected chi connectivity index (χ4v) is 1.81. The first-order chi connectivity index (χ1) is 8.60. The molecule has 0 fully saturated rings. The van der Waals surface area contributed by atoms with Crippen molar-refractivity contribution in [2.45, 2.75) is 26.4 Å². The Labute approximate surface area is 117 Å². The van der Waals surface area contributed by atoms with E-state index >= 15 is 0 Å². The minimum Gasteiger partial charge on any atom is -0.478 e. The van der Waals surface area contributed by atoms with Gasteiger partial charge in [-0.15, -0.1) is 0 Å². The normalized spacial score (nSPS) is 11.0. The van der Waals surface area contributed by atoms with Crippen LogP contribution in [0.4, 0.5) is 14.9 Å². The summed E-state index contributed by atoms with van der Waals surface area (Å²) >= 11 is 3.00. The minimum atomic E-state index is -1.36. The fourth-order valence-electron chi connectivity index (χ4n) is 1.27. The Kier molecular flexibility index (Phi) is 4.52. The van der Waals surface area contributed by atoms with Crippen LogP contribution in [0.2, 0.25) is 0 Å². The summed E-state index contributed by atoms with van der Waals surface area (Å²) < 4.78 is 18.3. The first kappa shape index (κ1) is 15.4. The number of carboxylic acids is 1. The number of amides is 1. The van der Waals surface area contributed by atoms with Gasteiger partial charge < -0.3 is 9.84 Å². The fraction of sp³-hybridized carbons (Fsp3) is 0.333. The average Bonchev–Trinajstić information content (AvgIpc) is 2.18. The Morgan fingerprint density at radius 1 is 1.37 bits per heavy atom. The summed E-state index contributed by atoms with van der Waals surface area (Å²) in [5.74, 6) is -2.08. The molecule has 19 heavy (non-hydrogen) atoms. The standard InChI is InChI=1S/C12H13BrFNO4/c1-12(2,3)19-11(18)15-9-7(10(16)17)4-6(14)5-8(9)13/h4-5H,1-3H3,(H,15,18)(H,16,17). The molecule has 0 radical (unpaired) electrons. The van der Waals surface area contributed by atoms with E-state index in [0.29, 0.717) is 0 Å². The molecule has 0 unspecified atom stereocenters. The van der Waals surface area contributed by atoms with Gasteiger partial charge in [0.2, 0.25) is 0 Å². The van der Waals surface area contributed by atoms with E-state index in [-0.39, 0.29) is 15.7 Å². The van der Waals surface area contributed by atoms with Gasteiger partial charge in [0.05, 0.1) is 11.3 Å². The summed E-state index contributed by atoms with van der Waals surface area (Å²) in [6.45, 7) is 5.01. The number of carboxylic acid groups (broad SMARTS) is 1. The number of carbonyl (C=O) groups is 2. The molecule has 0 bridgehead atoms. The van der Waals surface area contributed by atoms with E-state index in [0.717, 1.165) is 12.1 Å². The molecular weight excluding hydrogens is 321 g/mol. The summed E-state index contributed by atoms with van der Waals surface area (Å²) in [4.78, 5) is 22.6. The Hall–Kier alpha value is -1.63. The van der Waals surface area contributed by atoms with Crippen molar-refractivity contribution in [2.75, 3.05) is 5.32 Å². The zero-order valence-electron chi connectivity index (χ0n) is 10.6. The highest BCUT2D eigenvalue weighted by Gasteiger charge is 2.21. The van der Waals surface area contributed by atoms with Gasteiger partial charge in [0.15, 0.2) is 0 Å². The van der Waals surface area contributed by atoms with Gasteiger partial charge in [-0.2, -0.15) is 0 Å². The highest BCUT2D eigenvalue weighted by molar-refractivity contribution is 9.10. The second-order valence-electron chi connectivity index (χ2n) is 4.74. The van der Waals surface area contributed by atoms with Crippen molar-refractivity contribution in [3.63, 3.8) is 0 Å². The molecule has 104 valence electrons. The van der Waals surface area contributed by atoms with Gasteiger partial charge in [0.25, 0.3) is 0 Å². The van der Waals surface area contributed by atoms with Crippen LogP contribution in [0, 0.1) is 5.82 Å². The third-order valence-corrected chi connectivity index (χ3v) is 2.54. The highest BCUT2D eigenvalue weighted by Crippen LogP contribution is 2.28. The second-order valence-corrected chi connectivity index (χ2v) is 5.60. The van der Waals surface area contributed by atoms with Crippen LogP contribution in [0.25, 0.3) is 0 Å². The highest BCUT2D eigenvalue weighted by atomic mass is 79.9. The molecule has 1 aromatic rings. The molecule has 0 aromatic heterocycles. The number of nitrogens with one attached hydrogen (secondary N) is 1. The van der Waals surface area contributed by atoms with Gasteiger partial charge in [-0.3, -0.25) is 5.32 Å². The van der Waals surface area contributed by atoms with Crippen molar-refractivity contribution in [1.29, 1.82) is 0 Å². The van der Waals surface area contributed by atoms with Crippen LogP contribution in [0.15, 0.2) is 16.6 Å². The largest absolute Gasteiger partial charge is 0.478 e. The molecular formula is C12H13BrFNO4. The Balaban J connectivity index is 3.07. The lowest BCUT2D eigenvalue weighted by atomic mass is 10.1. The molecule has 0 saturated carbocycles. The van der Waals surface area contributed by atoms with Crippen LogP contribution in [0.5, 0.6) is 0 Å². The van der Waals surface area contributed by atoms with E-state index in [9.17, 15) is 14.0 Å². The summed E-state index contributed by atoms with van der Waals surface area (Å²) in [5.41, 5.74) is -1.14. The number of rotatable bonds is 2. The van der Waals surface area contributed by atoms with Gasteiger partial charge >= 0.3 is 12.1 Å². The van der Waals surface area contributed by atoms with Crippen LogP contribution >= 0.6 is 15.9 Å². The van der Waals surface area contributed by atoms with E-state index in [2.05, 4.69) is 21.2 Å². The van der Waals surface area contributed by atoms with E-state index in [1.165, 1.54) is 0 Å². The van der Waals surface area contributed by atoms with Crippen LogP contribution in [-0.4, -0.2) is 22.8 Å². The van der Waals surface area contributed by atoms with Crippen LogP contribution < -0.4 is 5.32 Å². The van der Waals surface area contributed by atoms with Gasteiger partial charge in [-0.25, -0.2) is 14.0 Å². The number of halogens is 2. The lowest BCUT2D eigenvalue weighted by Gasteiger charge is -2.20. The molecule has 0 heterocycles. The summed E-state index contributed by atoms with van der Waals surface area (Å²) in [6, 6.07) is 1.87. The zero-order chi connectivity index (χ0) is 14.8. The molecule has 7 heteroatoms. The molecule has 2 N–H and O–H groups in total. The van der Waals surface area contributed by atoms with E-state index in [1.807, 2.05) is 0 Å². The lowest BCUT2D eigenvalue weighted by molar-refractivity contribution is 0.0636. The van der Waals surface area contributed by atoms with Crippen molar-refractivity contribution < 1.29 is 23.8 Å². The molecule has 0 aliphatic rings. The van der Waals surface area contributed by atoms with Gasteiger partial charge in [0, 0.05) is 4.47 Å². The first-order valence-corrected chi connectivity index (χ1v) is 6.12. The number of hydrogen-bond donors (Lipinski definition) is 2. The lowest BCUT2D eigenvalue weighted by Crippen LogP contribution is -2.28. The zero-order valence-corrected chi connectivity index (χ0v) is 12.2. The number of aromatic carboxylic acids is 1. The molecule has 0 spiro atoms. The maximum Gasteiger partial charge on any atom is 0.412 e. The average molecular weight is 334 g/mol. The van der Waals surface area contributed by atoms with Crippen LogP contribution in [-0.2, 0) is 4.74 Å². The van der Waals surface area contributed by atoms with Crippen molar-refractivity contribution >= 4 is 33.7 Å². The van der Waals surface area contributed by atoms with Crippen molar-refractivity contribution in [1.82, 2.24) is 0 Å². The molecule has 0 atom stereocenters. The molecule has 0 saturated heterocycles. The number of hydrogen-bond acceptors (Lipinski definition) is 3. The van der Waals surface area contributed by atoms with Gasteiger partial charge in [0.1, 0.15) is 11.4 Å². The third-order valence-electron chi connectivity index (χ3n) is 1.91. The Morgan fingerprint density at radius 2 is 1.95 bits per heavy atom. The quantitative estimate of drug-likeness (QED) is 0.866. The van der Waals surface area contributed by atoms with Crippen molar-refractivity contribution in [2.24, 2.45) is 0 Å². The number of ether oxygens (including phenoxy) is 1. The number of anilines is 1. The molecule has 1 aromatic carbocycles. The van der Waals surface area contributed by atoms with Crippen LogP contribution in [0.1, 0.15) is 31.1 Å².